The maximum Gasteiger partial charge on any atom is 0.224 e. The summed E-state index contributed by atoms with van der Waals surface area (Å²) in [6, 6.07) is 4.74. The van der Waals surface area contributed by atoms with Crippen LogP contribution in [0, 0.1) is 24.6 Å². The minimum Gasteiger partial charge on any atom is -0.330 e. The van der Waals surface area contributed by atoms with E-state index < -0.39 is 5.82 Å². The number of benzene rings is 1. The Balaban J connectivity index is 2.64. The fraction of sp³-hybridized carbons (Fsp3) is 0.533. The van der Waals surface area contributed by atoms with Gasteiger partial charge in [0.05, 0.1) is 5.69 Å². The van der Waals surface area contributed by atoms with Crippen LogP contribution in [-0.4, -0.2) is 12.5 Å². The summed E-state index contributed by atoms with van der Waals surface area (Å²) in [5, 5.41) is 2.65. The molecule has 0 aliphatic carbocycles. The molecule has 0 saturated carbocycles. The number of hydrogen-bond donors (Lipinski definition) is 2. The van der Waals surface area contributed by atoms with Crippen molar-refractivity contribution in [2.45, 2.75) is 33.6 Å². The molecule has 4 heteroatoms. The Morgan fingerprint density at radius 1 is 1.42 bits per heavy atom. The number of nitrogens with two attached hydrogens (primary N) is 1. The molecule has 3 nitrogen and oxygen atoms in total. The monoisotopic (exact) mass is 266 g/mol. The van der Waals surface area contributed by atoms with Gasteiger partial charge in [0.1, 0.15) is 5.82 Å². The zero-order valence-electron chi connectivity index (χ0n) is 11.9. The summed E-state index contributed by atoms with van der Waals surface area (Å²) in [7, 11) is 0. The Morgan fingerprint density at radius 3 is 2.63 bits per heavy atom. The van der Waals surface area contributed by atoms with Gasteiger partial charge >= 0.3 is 0 Å². The predicted molar refractivity (Wildman–Crippen MR) is 76.4 cm³/mol. The predicted octanol–water partition coefficient (Wildman–Crippen LogP) is 3.08. The van der Waals surface area contributed by atoms with Crippen LogP contribution in [0.1, 0.15) is 32.3 Å². The minimum atomic E-state index is -0.401. The summed E-state index contributed by atoms with van der Waals surface area (Å²) in [4.78, 5) is 11.9. The largest absolute Gasteiger partial charge is 0.330 e. The van der Waals surface area contributed by atoms with Gasteiger partial charge in [0.2, 0.25) is 5.91 Å². The van der Waals surface area contributed by atoms with E-state index >= 15 is 0 Å². The molecular weight excluding hydrogens is 243 g/mol. The standard InChI is InChI=1S/C15H23FN2O/c1-10(2)7-12(9-17)8-14(19)18-15-11(3)5-4-6-13(15)16/h4-6,10,12H,7-9,17H2,1-3H3,(H,18,19)/t12-/m0/s1. The molecule has 0 radical (unpaired) electrons. The average molecular weight is 266 g/mol. The number of aryl methyl sites for hydroxylation is 1. The number of carbonyl (C=O) groups is 1. The summed E-state index contributed by atoms with van der Waals surface area (Å²) >= 11 is 0. The lowest BCUT2D eigenvalue weighted by atomic mass is 9.94. The first kappa shape index (κ1) is 15.6. The van der Waals surface area contributed by atoms with E-state index in [4.69, 9.17) is 5.73 Å². The first-order valence-electron chi connectivity index (χ1n) is 6.69. The molecule has 19 heavy (non-hydrogen) atoms. The van der Waals surface area contributed by atoms with Crippen molar-refractivity contribution in [1.29, 1.82) is 0 Å². The molecule has 0 aromatic heterocycles. The number of amides is 1. The van der Waals surface area contributed by atoms with Gasteiger partial charge in [-0.25, -0.2) is 4.39 Å². The highest BCUT2D eigenvalue weighted by molar-refractivity contribution is 5.91. The van der Waals surface area contributed by atoms with Crippen molar-refractivity contribution in [2.24, 2.45) is 17.6 Å². The quantitative estimate of drug-likeness (QED) is 0.831. The van der Waals surface area contributed by atoms with Gasteiger partial charge in [-0.3, -0.25) is 4.79 Å². The van der Waals surface area contributed by atoms with E-state index in [0.29, 0.717) is 18.9 Å². The molecule has 3 N–H and O–H groups in total. The summed E-state index contributed by atoms with van der Waals surface area (Å²) < 4.78 is 13.6. The van der Waals surface area contributed by atoms with Crippen LogP contribution in [0.5, 0.6) is 0 Å². The van der Waals surface area contributed by atoms with E-state index in [-0.39, 0.29) is 17.5 Å². The third-order valence-electron chi connectivity index (χ3n) is 3.10. The van der Waals surface area contributed by atoms with Crippen LogP contribution in [0.2, 0.25) is 0 Å². The summed E-state index contributed by atoms with van der Waals surface area (Å²) in [6.07, 6.45) is 1.24. The van der Waals surface area contributed by atoms with Crippen molar-refractivity contribution in [1.82, 2.24) is 0 Å². The SMILES string of the molecule is Cc1cccc(F)c1NC(=O)C[C@@H](CN)CC(C)C. The molecule has 0 aliphatic heterocycles. The molecule has 0 unspecified atom stereocenters. The number of halogens is 1. The molecular formula is C15H23FN2O. The first-order chi connectivity index (χ1) is 8.93. The fourth-order valence-electron chi connectivity index (χ4n) is 2.17. The second-order valence-electron chi connectivity index (χ2n) is 5.42. The van der Waals surface area contributed by atoms with Gasteiger partial charge in [-0.2, -0.15) is 0 Å². The van der Waals surface area contributed by atoms with Crippen molar-refractivity contribution in [3.05, 3.63) is 29.6 Å². The van der Waals surface area contributed by atoms with Gasteiger partial charge in [0.15, 0.2) is 0 Å². The van der Waals surface area contributed by atoms with E-state index in [1.54, 1.807) is 19.1 Å². The van der Waals surface area contributed by atoms with E-state index in [0.717, 1.165) is 12.0 Å². The smallest absolute Gasteiger partial charge is 0.224 e. The Bertz CT molecular complexity index is 412. The van der Waals surface area contributed by atoms with Crippen molar-refractivity contribution in [3.63, 3.8) is 0 Å². The van der Waals surface area contributed by atoms with Crippen LogP contribution in [0.25, 0.3) is 0 Å². The molecule has 0 aliphatic rings. The number of para-hydroxylation sites is 1. The van der Waals surface area contributed by atoms with Crippen LogP contribution in [-0.2, 0) is 4.79 Å². The molecule has 0 fully saturated rings. The van der Waals surface area contributed by atoms with E-state index in [9.17, 15) is 9.18 Å². The van der Waals surface area contributed by atoms with Gasteiger partial charge in [-0.15, -0.1) is 0 Å². The molecule has 0 saturated heterocycles. The Morgan fingerprint density at radius 2 is 2.11 bits per heavy atom. The van der Waals surface area contributed by atoms with Gasteiger partial charge < -0.3 is 11.1 Å². The van der Waals surface area contributed by atoms with E-state index in [2.05, 4.69) is 19.2 Å². The third-order valence-corrected chi connectivity index (χ3v) is 3.10. The second kappa shape index (κ2) is 7.24. The molecule has 0 spiro atoms. The second-order valence-corrected chi connectivity index (χ2v) is 5.42. The van der Waals surface area contributed by atoms with Gasteiger partial charge in [0.25, 0.3) is 0 Å². The third kappa shape index (κ3) is 4.99. The molecule has 0 heterocycles. The normalized spacial score (nSPS) is 12.5. The number of rotatable bonds is 6. The number of carbonyl (C=O) groups excluding carboxylic acids is 1. The number of anilines is 1. The highest BCUT2D eigenvalue weighted by Gasteiger charge is 2.16. The van der Waals surface area contributed by atoms with Crippen molar-refractivity contribution >= 4 is 11.6 Å². The average Bonchev–Trinajstić information content (AvgIpc) is 2.32. The van der Waals surface area contributed by atoms with Crippen LogP contribution in [0.3, 0.4) is 0 Å². The van der Waals surface area contributed by atoms with Crippen LogP contribution < -0.4 is 11.1 Å². The highest BCUT2D eigenvalue weighted by Crippen LogP contribution is 2.20. The summed E-state index contributed by atoms with van der Waals surface area (Å²) in [6.45, 7) is 6.44. The summed E-state index contributed by atoms with van der Waals surface area (Å²) in [5.41, 5.74) is 6.66. The molecule has 1 amide bonds. The maximum absolute atomic E-state index is 13.6. The zero-order chi connectivity index (χ0) is 14.4. The lowest BCUT2D eigenvalue weighted by Gasteiger charge is -2.17. The van der Waals surface area contributed by atoms with Crippen molar-refractivity contribution in [2.75, 3.05) is 11.9 Å². The van der Waals surface area contributed by atoms with Crippen molar-refractivity contribution in [3.8, 4) is 0 Å². The van der Waals surface area contributed by atoms with Gasteiger partial charge in [-0.05, 0) is 43.4 Å². The molecule has 0 bridgehead atoms. The number of hydrogen-bond acceptors (Lipinski definition) is 2. The van der Waals surface area contributed by atoms with Crippen LogP contribution in [0.4, 0.5) is 10.1 Å². The van der Waals surface area contributed by atoms with Gasteiger partial charge in [0, 0.05) is 6.42 Å². The Labute approximate surface area is 114 Å². The van der Waals surface area contributed by atoms with E-state index in [1.807, 2.05) is 0 Å². The first-order valence-corrected chi connectivity index (χ1v) is 6.69. The molecule has 1 aromatic carbocycles. The molecule has 1 aromatic rings. The molecule has 1 rings (SSSR count). The highest BCUT2D eigenvalue weighted by atomic mass is 19.1. The lowest BCUT2D eigenvalue weighted by molar-refractivity contribution is -0.117. The van der Waals surface area contributed by atoms with Crippen LogP contribution >= 0.6 is 0 Å². The van der Waals surface area contributed by atoms with Crippen LogP contribution in [0.15, 0.2) is 18.2 Å². The fourth-order valence-corrected chi connectivity index (χ4v) is 2.17. The lowest BCUT2D eigenvalue weighted by Crippen LogP contribution is -2.24. The number of nitrogens with one attached hydrogen (secondary N) is 1. The van der Waals surface area contributed by atoms with Gasteiger partial charge in [-0.1, -0.05) is 26.0 Å². The minimum absolute atomic E-state index is 0.145. The molecule has 1 atom stereocenters. The Hall–Kier alpha value is -1.42. The summed E-state index contributed by atoms with van der Waals surface area (Å²) in [5.74, 6) is 0.0643. The Kier molecular flexibility index (Phi) is 5.96. The van der Waals surface area contributed by atoms with Crippen molar-refractivity contribution < 1.29 is 9.18 Å². The topological polar surface area (TPSA) is 55.1 Å². The molecule has 106 valence electrons. The van der Waals surface area contributed by atoms with E-state index in [1.165, 1.54) is 6.07 Å². The zero-order valence-corrected chi connectivity index (χ0v) is 11.9. The maximum atomic E-state index is 13.6.